The Hall–Kier alpha value is -2.10. The lowest BCUT2D eigenvalue weighted by Gasteiger charge is -2.10. The number of fused-ring (bicyclic) bond motifs is 1. The molecule has 1 aromatic carbocycles. The molecule has 0 saturated heterocycles. The standard InChI is InChI=1S/C14H15NO3/c1-2-3-4-7-10-18-15-13(16)11-8-5-6-9-12(11)14(15)17/h5-10H,2-4H2,1H3/b10-7+. The van der Waals surface area contributed by atoms with Gasteiger partial charge in [0.1, 0.15) is 6.26 Å². The molecule has 1 heterocycles. The molecule has 1 aliphatic heterocycles. The number of nitrogens with zero attached hydrogens (tertiary/aromatic N) is 1. The molecule has 2 rings (SSSR count). The third-order valence-electron chi connectivity index (χ3n) is 2.74. The number of carbonyl (C=O) groups excluding carboxylic acids is 2. The van der Waals surface area contributed by atoms with Crippen molar-refractivity contribution in [2.24, 2.45) is 0 Å². The van der Waals surface area contributed by atoms with Crippen LogP contribution in [0.15, 0.2) is 36.6 Å². The second-order valence-corrected chi connectivity index (χ2v) is 4.07. The van der Waals surface area contributed by atoms with Gasteiger partial charge in [-0.15, -0.1) is 0 Å². The highest BCUT2D eigenvalue weighted by atomic mass is 16.7. The predicted molar refractivity (Wildman–Crippen MR) is 66.7 cm³/mol. The van der Waals surface area contributed by atoms with E-state index in [9.17, 15) is 9.59 Å². The average molecular weight is 245 g/mol. The molecule has 0 fully saturated rings. The van der Waals surface area contributed by atoms with Crippen molar-refractivity contribution in [2.45, 2.75) is 26.2 Å². The normalized spacial score (nSPS) is 14.4. The smallest absolute Gasteiger partial charge is 0.295 e. The van der Waals surface area contributed by atoms with Crippen LogP contribution in [0.25, 0.3) is 0 Å². The van der Waals surface area contributed by atoms with Gasteiger partial charge >= 0.3 is 0 Å². The summed E-state index contributed by atoms with van der Waals surface area (Å²) in [5.74, 6) is -0.813. The van der Waals surface area contributed by atoms with Crippen LogP contribution < -0.4 is 0 Å². The van der Waals surface area contributed by atoms with E-state index in [2.05, 4.69) is 6.92 Å². The fourth-order valence-electron chi connectivity index (χ4n) is 1.76. The summed E-state index contributed by atoms with van der Waals surface area (Å²) in [4.78, 5) is 28.9. The van der Waals surface area contributed by atoms with E-state index in [4.69, 9.17) is 4.84 Å². The lowest BCUT2D eigenvalue weighted by molar-refractivity contribution is -0.0429. The van der Waals surface area contributed by atoms with E-state index < -0.39 is 11.8 Å². The van der Waals surface area contributed by atoms with E-state index in [0.717, 1.165) is 24.3 Å². The Morgan fingerprint density at radius 3 is 2.33 bits per heavy atom. The molecule has 0 atom stereocenters. The summed E-state index contributed by atoms with van der Waals surface area (Å²) in [6.45, 7) is 2.10. The van der Waals surface area contributed by atoms with Gasteiger partial charge in [-0.25, -0.2) is 0 Å². The van der Waals surface area contributed by atoms with Crippen LogP contribution >= 0.6 is 0 Å². The lowest BCUT2D eigenvalue weighted by atomic mass is 10.1. The maximum atomic E-state index is 11.9. The minimum absolute atomic E-state index is 0.393. The molecular formula is C14H15NO3. The first-order valence-electron chi connectivity index (χ1n) is 6.05. The van der Waals surface area contributed by atoms with E-state index in [1.165, 1.54) is 6.26 Å². The van der Waals surface area contributed by atoms with Crippen LogP contribution in [0.4, 0.5) is 0 Å². The van der Waals surface area contributed by atoms with Crippen molar-refractivity contribution in [3.8, 4) is 0 Å². The van der Waals surface area contributed by atoms with Crippen LogP contribution in [0.5, 0.6) is 0 Å². The second kappa shape index (κ2) is 5.49. The largest absolute Gasteiger partial charge is 0.377 e. The first-order valence-corrected chi connectivity index (χ1v) is 6.05. The Morgan fingerprint density at radius 2 is 1.78 bits per heavy atom. The molecule has 0 aromatic heterocycles. The number of imide groups is 1. The minimum atomic E-state index is -0.407. The SMILES string of the molecule is CCCC/C=C/ON1C(=O)c2ccccc2C1=O. The zero-order valence-corrected chi connectivity index (χ0v) is 10.3. The molecule has 4 nitrogen and oxygen atoms in total. The molecule has 0 N–H and O–H groups in total. The summed E-state index contributed by atoms with van der Waals surface area (Å²) >= 11 is 0. The molecule has 18 heavy (non-hydrogen) atoms. The lowest BCUT2D eigenvalue weighted by Crippen LogP contribution is -2.27. The number of rotatable bonds is 5. The predicted octanol–water partition coefficient (Wildman–Crippen LogP) is 2.92. The summed E-state index contributed by atoms with van der Waals surface area (Å²) in [5, 5.41) is 0.799. The van der Waals surface area contributed by atoms with E-state index in [0.29, 0.717) is 11.1 Å². The van der Waals surface area contributed by atoms with Crippen molar-refractivity contribution < 1.29 is 14.4 Å². The van der Waals surface area contributed by atoms with Crippen molar-refractivity contribution in [1.29, 1.82) is 0 Å². The Bertz CT molecular complexity index is 459. The third-order valence-corrected chi connectivity index (χ3v) is 2.74. The fourth-order valence-corrected chi connectivity index (χ4v) is 1.76. The number of hydrogen-bond donors (Lipinski definition) is 0. The maximum Gasteiger partial charge on any atom is 0.295 e. The monoisotopic (exact) mass is 245 g/mol. The van der Waals surface area contributed by atoms with Gasteiger partial charge in [0.05, 0.1) is 11.1 Å². The van der Waals surface area contributed by atoms with Gasteiger partial charge < -0.3 is 4.84 Å². The summed E-state index contributed by atoms with van der Waals surface area (Å²) < 4.78 is 0. The van der Waals surface area contributed by atoms with Gasteiger partial charge in [-0.3, -0.25) is 9.59 Å². The molecule has 4 heteroatoms. The van der Waals surface area contributed by atoms with Crippen molar-refractivity contribution >= 4 is 11.8 Å². The molecule has 0 saturated carbocycles. The number of amides is 2. The first-order chi connectivity index (χ1) is 8.75. The minimum Gasteiger partial charge on any atom is -0.377 e. The summed E-state index contributed by atoms with van der Waals surface area (Å²) in [6.07, 6.45) is 6.24. The summed E-state index contributed by atoms with van der Waals surface area (Å²) in [7, 11) is 0. The number of unbranched alkanes of at least 4 members (excludes halogenated alkanes) is 2. The van der Waals surface area contributed by atoms with Gasteiger partial charge in [0.25, 0.3) is 11.8 Å². The van der Waals surface area contributed by atoms with Gasteiger partial charge in [-0.05, 0) is 31.1 Å². The zero-order chi connectivity index (χ0) is 13.0. The molecule has 0 spiro atoms. The van der Waals surface area contributed by atoms with Crippen molar-refractivity contribution in [1.82, 2.24) is 5.06 Å². The van der Waals surface area contributed by atoms with Gasteiger partial charge in [-0.2, -0.15) is 0 Å². The molecule has 1 aliphatic rings. The highest BCUT2D eigenvalue weighted by molar-refractivity contribution is 6.20. The van der Waals surface area contributed by atoms with Crippen molar-refractivity contribution in [2.75, 3.05) is 0 Å². The molecule has 2 amide bonds. The highest BCUT2D eigenvalue weighted by Gasteiger charge is 2.36. The van der Waals surface area contributed by atoms with Gasteiger partial charge in [0.15, 0.2) is 0 Å². The van der Waals surface area contributed by atoms with E-state index in [-0.39, 0.29) is 0 Å². The Morgan fingerprint density at radius 1 is 1.17 bits per heavy atom. The van der Waals surface area contributed by atoms with E-state index in [1.54, 1.807) is 24.3 Å². The summed E-state index contributed by atoms with van der Waals surface area (Å²) in [6, 6.07) is 6.70. The first kappa shape index (κ1) is 12.4. The summed E-state index contributed by atoms with van der Waals surface area (Å²) in [5.41, 5.74) is 0.786. The molecule has 0 bridgehead atoms. The Balaban J connectivity index is 2.03. The van der Waals surface area contributed by atoms with Gasteiger partial charge in [0.2, 0.25) is 0 Å². The van der Waals surface area contributed by atoms with Crippen LogP contribution in [-0.2, 0) is 4.84 Å². The molecule has 1 aromatic rings. The van der Waals surface area contributed by atoms with Crippen LogP contribution in [0.3, 0.4) is 0 Å². The van der Waals surface area contributed by atoms with Crippen LogP contribution in [0, 0.1) is 0 Å². The molecule has 0 radical (unpaired) electrons. The third kappa shape index (κ3) is 2.27. The topological polar surface area (TPSA) is 46.6 Å². The molecular weight excluding hydrogens is 230 g/mol. The molecule has 94 valence electrons. The number of benzene rings is 1. The Labute approximate surface area is 106 Å². The molecule has 0 aliphatic carbocycles. The van der Waals surface area contributed by atoms with E-state index >= 15 is 0 Å². The zero-order valence-electron chi connectivity index (χ0n) is 10.3. The number of hydrogen-bond acceptors (Lipinski definition) is 3. The van der Waals surface area contributed by atoms with Crippen LogP contribution in [-0.4, -0.2) is 16.9 Å². The average Bonchev–Trinajstić information content (AvgIpc) is 2.64. The van der Waals surface area contributed by atoms with Gasteiger partial charge in [-0.1, -0.05) is 30.5 Å². The fraction of sp³-hybridized carbons (Fsp3) is 0.286. The van der Waals surface area contributed by atoms with Crippen molar-refractivity contribution in [3.63, 3.8) is 0 Å². The van der Waals surface area contributed by atoms with Crippen molar-refractivity contribution in [3.05, 3.63) is 47.7 Å². The number of allylic oxidation sites excluding steroid dienone is 1. The maximum absolute atomic E-state index is 11.9. The van der Waals surface area contributed by atoms with Crippen LogP contribution in [0.1, 0.15) is 46.9 Å². The van der Waals surface area contributed by atoms with Gasteiger partial charge in [0, 0.05) is 0 Å². The molecule has 0 unspecified atom stereocenters. The van der Waals surface area contributed by atoms with Crippen LogP contribution in [0.2, 0.25) is 0 Å². The van der Waals surface area contributed by atoms with E-state index in [1.807, 2.05) is 6.08 Å². The number of carbonyl (C=O) groups is 2. The number of hydroxylamine groups is 2. The quantitative estimate of drug-likeness (QED) is 0.455. The highest BCUT2D eigenvalue weighted by Crippen LogP contribution is 2.22. The Kier molecular flexibility index (Phi) is 3.77. The second-order valence-electron chi connectivity index (χ2n) is 4.07.